The van der Waals surface area contributed by atoms with Gasteiger partial charge in [-0.2, -0.15) is 0 Å². The van der Waals surface area contributed by atoms with Crippen LogP contribution in [0.1, 0.15) is 56.7 Å². The van der Waals surface area contributed by atoms with Crippen molar-refractivity contribution in [3.63, 3.8) is 0 Å². The molecule has 3 rings (SSSR count). The summed E-state index contributed by atoms with van der Waals surface area (Å²) in [6, 6.07) is 6.56. The lowest BCUT2D eigenvalue weighted by Gasteiger charge is -2.38. The van der Waals surface area contributed by atoms with Crippen LogP contribution in [0.25, 0.3) is 5.76 Å². The van der Waals surface area contributed by atoms with E-state index in [9.17, 15) is 5.11 Å². The molecule has 0 aromatic heterocycles. The highest BCUT2D eigenvalue weighted by Gasteiger charge is 2.37. The first kappa shape index (κ1) is 13.2. The Balaban J connectivity index is 2.21. The lowest BCUT2D eigenvalue weighted by molar-refractivity contribution is 0.488. The molecule has 1 aromatic carbocycles. The number of aliphatic hydroxyl groups is 1. The van der Waals surface area contributed by atoms with Gasteiger partial charge in [0.1, 0.15) is 5.76 Å². The SMILES string of the molecule is CC1=CCC2(C)C(=C1)C=C(O)c1cc(C(C)C)ccc12. The molecule has 2 aliphatic carbocycles. The number of benzene rings is 1. The summed E-state index contributed by atoms with van der Waals surface area (Å²) in [7, 11) is 0. The van der Waals surface area contributed by atoms with E-state index in [0.717, 1.165) is 12.0 Å². The van der Waals surface area contributed by atoms with Crippen molar-refractivity contribution in [2.75, 3.05) is 0 Å². The minimum absolute atomic E-state index is 0.00339. The number of hydrogen-bond acceptors (Lipinski definition) is 1. The summed E-state index contributed by atoms with van der Waals surface area (Å²) in [5.74, 6) is 0.882. The third-order valence-corrected chi connectivity index (χ3v) is 4.73. The molecule has 1 aromatic rings. The van der Waals surface area contributed by atoms with Gasteiger partial charge in [0.25, 0.3) is 0 Å². The van der Waals surface area contributed by atoms with E-state index in [1.54, 1.807) is 0 Å². The first-order valence-electron chi connectivity index (χ1n) is 7.36. The van der Waals surface area contributed by atoms with Crippen LogP contribution in [-0.2, 0) is 5.41 Å². The molecule has 0 bridgehead atoms. The summed E-state index contributed by atoms with van der Waals surface area (Å²) in [5, 5.41) is 10.4. The van der Waals surface area contributed by atoms with E-state index in [0.29, 0.717) is 11.7 Å². The number of allylic oxidation sites excluding steroid dienone is 5. The number of rotatable bonds is 1. The molecular formula is C19H22O. The first-order chi connectivity index (χ1) is 9.41. The van der Waals surface area contributed by atoms with Gasteiger partial charge in [-0.15, -0.1) is 0 Å². The summed E-state index contributed by atoms with van der Waals surface area (Å²) < 4.78 is 0. The Bertz CT molecular complexity index is 658. The molecule has 2 aliphatic rings. The second-order valence-electron chi connectivity index (χ2n) is 6.57. The van der Waals surface area contributed by atoms with Crippen LogP contribution in [0.2, 0.25) is 0 Å². The topological polar surface area (TPSA) is 20.2 Å². The molecule has 0 radical (unpaired) electrons. The summed E-state index contributed by atoms with van der Waals surface area (Å²) in [5.41, 5.74) is 6.03. The van der Waals surface area contributed by atoms with Crippen LogP contribution in [0.15, 0.2) is 47.6 Å². The molecule has 0 aliphatic heterocycles. The van der Waals surface area contributed by atoms with Gasteiger partial charge in [-0.3, -0.25) is 0 Å². The first-order valence-corrected chi connectivity index (χ1v) is 7.36. The molecule has 0 saturated carbocycles. The third-order valence-electron chi connectivity index (χ3n) is 4.73. The zero-order chi connectivity index (χ0) is 14.5. The average Bonchev–Trinajstić information content (AvgIpc) is 2.41. The van der Waals surface area contributed by atoms with Crippen LogP contribution in [0.4, 0.5) is 0 Å². The van der Waals surface area contributed by atoms with Crippen molar-refractivity contribution in [2.45, 2.75) is 45.4 Å². The van der Waals surface area contributed by atoms with Crippen molar-refractivity contribution in [3.05, 3.63) is 64.3 Å². The van der Waals surface area contributed by atoms with Gasteiger partial charge in [0.2, 0.25) is 0 Å². The van der Waals surface area contributed by atoms with Crippen molar-refractivity contribution >= 4 is 5.76 Å². The molecule has 0 fully saturated rings. The Kier molecular flexibility index (Phi) is 2.89. The number of fused-ring (bicyclic) bond motifs is 3. The highest BCUT2D eigenvalue weighted by Crippen LogP contribution is 2.47. The molecule has 20 heavy (non-hydrogen) atoms. The normalized spacial score (nSPS) is 24.6. The van der Waals surface area contributed by atoms with Crippen LogP contribution in [0, 0.1) is 0 Å². The molecule has 1 heteroatoms. The minimum Gasteiger partial charge on any atom is -0.507 e. The Morgan fingerprint density at radius 3 is 2.65 bits per heavy atom. The van der Waals surface area contributed by atoms with E-state index in [4.69, 9.17) is 0 Å². The van der Waals surface area contributed by atoms with E-state index >= 15 is 0 Å². The zero-order valence-electron chi connectivity index (χ0n) is 12.7. The third kappa shape index (κ3) is 1.84. The molecule has 1 unspecified atom stereocenters. The van der Waals surface area contributed by atoms with Gasteiger partial charge in [0, 0.05) is 11.0 Å². The maximum atomic E-state index is 10.4. The maximum absolute atomic E-state index is 10.4. The smallest absolute Gasteiger partial charge is 0.123 e. The van der Waals surface area contributed by atoms with Gasteiger partial charge in [-0.1, -0.05) is 50.6 Å². The molecule has 0 heterocycles. The molecule has 1 N–H and O–H groups in total. The number of aliphatic hydroxyl groups excluding tert-OH is 1. The monoisotopic (exact) mass is 266 g/mol. The van der Waals surface area contributed by atoms with Crippen LogP contribution in [0.3, 0.4) is 0 Å². The summed E-state index contributed by atoms with van der Waals surface area (Å²) in [6.45, 7) is 8.77. The highest BCUT2D eigenvalue weighted by atomic mass is 16.3. The van der Waals surface area contributed by atoms with Crippen molar-refractivity contribution in [2.24, 2.45) is 0 Å². The fourth-order valence-electron chi connectivity index (χ4n) is 3.25. The van der Waals surface area contributed by atoms with Crippen molar-refractivity contribution < 1.29 is 5.11 Å². The zero-order valence-corrected chi connectivity index (χ0v) is 12.7. The molecule has 1 nitrogen and oxygen atoms in total. The Morgan fingerprint density at radius 2 is 1.95 bits per heavy atom. The predicted octanol–water partition coefficient (Wildman–Crippen LogP) is 5.26. The summed E-state index contributed by atoms with van der Waals surface area (Å²) in [6.07, 6.45) is 7.43. The highest BCUT2D eigenvalue weighted by molar-refractivity contribution is 5.74. The lowest BCUT2D eigenvalue weighted by Crippen LogP contribution is -2.29. The molecular weight excluding hydrogens is 244 g/mol. The minimum atomic E-state index is -0.00339. The second kappa shape index (κ2) is 4.37. The van der Waals surface area contributed by atoms with Crippen molar-refractivity contribution in [1.29, 1.82) is 0 Å². The van der Waals surface area contributed by atoms with E-state index in [1.807, 2.05) is 6.08 Å². The van der Waals surface area contributed by atoms with Gasteiger partial charge in [-0.25, -0.2) is 0 Å². The lowest BCUT2D eigenvalue weighted by atomic mass is 9.65. The van der Waals surface area contributed by atoms with E-state index < -0.39 is 0 Å². The Labute approximate surface area is 121 Å². The van der Waals surface area contributed by atoms with Crippen LogP contribution >= 0.6 is 0 Å². The summed E-state index contributed by atoms with van der Waals surface area (Å²) in [4.78, 5) is 0. The largest absolute Gasteiger partial charge is 0.507 e. The van der Waals surface area contributed by atoms with Gasteiger partial charge in [0.05, 0.1) is 0 Å². The van der Waals surface area contributed by atoms with Crippen LogP contribution in [-0.4, -0.2) is 5.11 Å². The van der Waals surface area contributed by atoms with Gasteiger partial charge in [-0.05, 0) is 48.1 Å². The molecule has 104 valence electrons. The Morgan fingerprint density at radius 1 is 1.20 bits per heavy atom. The van der Waals surface area contributed by atoms with Crippen molar-refractivity contribution in [3.8, 4) is 0 Å². The van der Waals surface area contributed by atoms with Gasteiger partial charge >= 0.3 is 0 Å². The fraction of sp³-hybridized carbons (Fsp3) is 0.368. The van der Waals surface area contributed by atoms with Crippen LogP contribution in [0.5, 0.6) is 0 Å². The summed E-state index contributed by atoms with van der Waals surface area (Å²) >= 11 is 0. The van der Waals surface area contributed by atoms with Gasteiger partial charge in [0.15, 0.2) is 0 Å². The predicted molar refractivity (Wildman–Crippen MR) is 84.9 cm³/mol. The Hall–Kier alpha value is -1.76. The standard InChI is InChI=1S/C19H22O/c1-12(2)14-5-6-17-16(10-14)18(20)11-15-9-13(3)7-8-19(15,17)4/h5-7,9-12,20H,8H2,1-4H3. The van der Waals surface area contributed by atoms with E-state index in [2.05, 4.69) is 58.0 Å². The maximum Gasteiger partial charge on any atom is 0.123 e. The molecule has 0 amide bonds. The van der Waals surface area contributed by atoms with Crippen LogP contribution < -0.4 is 0 Å². The number of hydrogen-bond donors (Lipinski definition) is 1. The quantitative estimate of drug-likeness (QED) is 0.735. The average molecular weight is 266 g/mol. The fourth-order valence-corrected chi connectivity index (χ4v) is 3.25. The second-order valence-corrected chi connectivity index (χ2v) is 6.57. The van der Waals surface area contributed by atoms with Crippen molar-refractivity contribution in [1.82, 2.24) is 0 Å². The molecule has 0 saturated heterocycles. The van der Waals surface area contributed by atoms with E-state index in [-0.39, 0.29) is 5.41 Å². The van der Waals surface area contributed by atoms with Gasteiger partial charge < -0.3 is 5.11 Å². The molecule has 1 atom stereocenters. The molecule has 0 spiro atoms. The van der Waals surface area contributed by atoms with E-state index in [1.165, 1.54) is 22.3 Å².